The molecule has 1 fully saturated rings. The summed E-state index contributed by atoms with van der Waals surface area (Å²) in [5.41, 5.74) is 0. The summed E-state index contributed by atoms with van der Waals surface area (Å²) in [7, 11) is -2.15. The number of methoxy groups -OCH3 is 1. The molecule has 0 radical (unpaired) electrons. The zero-order chi connectivity index (χ0) is 18.4. The van der Waals surface area contributed by atoms with Crippen molar-refractivity contribution < 1.29 is 27.9 Å². The van der Waals surface area contributed by atoms with E-state index in [2.05, 4.69) is 4.72 Å². The quantitative estimate of drug-likeness (QED) is 0.687. The number of carboxylic acids is 1. The van der Waals surface area contributed by atoms with Crippen LogP contribution in [0.1, 0.15) is 19.3 Å². The number of nitrogens with one attached hydrogen (secondary N) is 1. The molecule has 25 heavy (non-hydrogen) atoms. The van der Waals surface area contributed by atoms with Crippen molar-refractivity contribution in [3.05, 3.63) is 30.3 Å². The summed E-state index contributed by atoms with van der Waals surface area (Å²) in [5, 5.41) is 8.97. The smallest absolute Gasteiger partial charge is 0.305 e. The van der Waals surface area contributed by atoms with Gasteiger partial charge in [0, 0.05) is 32.7 Å². The number of likely N-dealkylation sites (tertiary alicyclic amines) is 1. The Morgan fingerprint density at radius 1 is 1.32 bits per heavy atom. The molecule has 2 N–H and O–H groups in total. The lowest BCUT2D eigenvalue weighted by atomic mass is 10.1. The number of hydrogen-bond acceptors (Lipinski definition) is 5. The number of sulfonamides is 1. The van der Waals surface area contributed by atoms with E-state index in [-0.39, 0.29) is 36.3 Å². The monoisotopic (exact) mass is 370 g/mol. The third-order valence-corrected chi connectivity index (χ3v) is 5.60. The van der Waals surface area contributed by atoms with Crippen LogP contribution in [0.5, 0.6) is 0 Å². The predicted octanol–water partition coefficient (Wildman–Crippen LogP) is 0.446. The SMILES string of the molecule is COC1CC(CC(=O)O)N(C(=O)CCNS(=O)(=O)c2ccccc2)C1. The van der Waals surface area contributed by atoms with Crippen molar-refractivity contribution in [1.29, 1.82) is 0 Å². The molecule has 1 aromatic carbocycles. The molecule has 2 rings (SSSR count). The zero-order valence-electron chi connectivity index (χ0n) is 13.9. The maximum absolute atomic E-state index is 12.4. The third kappa shape index (κ3) is 5.25. The Kier molecular flexibility index (Phi) is 6.51. The van der Waals surface area contributed by atoms with E-state index in [1.54, 1.807) is 18.2 Å². The van der Waals surface area contributed by atoms with Gasteiger partial charge in [-0.3, -0.25) is 9.59 Å². The highest BCUT2D eigenvalue weighted by Gasteiger charge is 2.36. The first-order valence-corrected chi connectivity index (χ1v) is 9.40. The van der Waals surface area contributed by atoms with Gasteiger partial charge in [0.2, 0.25) is 15.9 Å². The van der Waals surface area contributed by atoms with Gasteiger partial charge in [-0.15, -0.1) is 0 Å². The minimum atomic E-state index is -3.67. The molecule has 1 saturated heterocycles. The fraction of sp³-hybridized carbons (Fsp3) is 0.500. The Hall–Kier alpha value is -1.97. The molecule has 138 valence electrons. The summed E-state index contributed by atoms with van der Waals surface area (Å²) < 4.78 is 31.8. The molecule has 8 nitrogen and oxygen atoms in total. The van der Waals surface area contributed by atoms with Crippen LogP contribution < -0.4 is 4.72 Å². The van der Waals surface area contributed by atoms with Crippen LogP contribution in [0.15, 0.2) is 35.2 Å². The molecule has 2 unspecified atom stereocenters. The minimum Gasteiger partial charge on any atom is -0.481 e. The molecule has 1 aliphatic rings. The second-order valence-electron chi connectivity index (χ2n) is 5.85. The summed E-state index contributed by atoms with van der Waals surface area (Å²) in [6, 6.07) is 7.45. The minimum absolute atomic E-state index is 0.0430. The Labute approximate surface area is 146 Å². The van der Waals surface area contributed by atoms with Crippen LogP contribution in [0.3, 0.4) is 0 Å². The standard InChI is InChI=1S/C16H22N2O6S/c1-24-13-9-12(10-16(20)21)18(11-13)15(19)7-8-17-25(22,23)14-5-3-2-4-6-14/h2-6,12-13,17H,7-11H2,1H3,(H,20,21). The number of carboxylic acid groups (broad SMARTS) is 1. The molecule has 0 saturated carbocycles. The van der Waals surface area contributed by atoms with Crippen LogP contribution in [-0.4, -0.2) is 62.6 Å². The number of aliphatic carboxylic acids is 1. The molecule has 9 heteroatoms. The summed E-state index contributed by atoms with van der Waals surface area (Å²) in [4.78, 5) is 24.9. The first kappa shape index (κ1) is 19.4. The van der Waals surface area contributed by atoms with E-state index in [1.165, 1.54) is 24.1 Å². The molecule has 1 heterocycles. The molecule has 0 bridgehead atoms. The molecule has 0 spiro atoms. The highest BCUT2D eigenvalue weighted by Crippen LogP contribution is 2.23. The third-order valence-electron chi connectivity index (χ3n) is 4.12. The molecule has 2 atom stereocenters. The normalized spacial score (nSPS) is 20.6. The summed E-state index contributed by atoms with van der Waals surface area (Å²) >= 11 is 0. The molecular weight excluding hydrogens is 348 g/mol. The maximum Gasteiger partial charge on any atom is 0.305 e. The Morgan fingerprint density at radius 3 is 2.60 bits per heavy atom. The number of amides is 1. The lowest BCUT2D eigenvalue weighted by molar-refractivity contribution is -0.139. The molecule has 0 aromatic heterocycles. The van der Waals surface area contributed by atoms with E-state index in [1.807, 2.05) is 0 Å². The summed E-state index contributed by atoms with van der Waals surface area (Å²) in [6.45, 7) is 0.267. The van der Waals surface area contributed by atoms with E-state index in [0.29, 0.717) is 13.0 Å². The number of rotatable bonds is 8. The first-order chi connectivity index (χ1) is 11.8. The highest BCUT2D eigenvalue weighted by molar-refractivity contribution is 7.89. The molecule has 1 aromatic rings. The molecule has 1 aliphatic heterocycles. The van der Waals surface area contributed by atoms with Gasteiger partial charge in [-0.25, -0.2) is 13.1 Å². The maximum atomic E-state index is 12.4. The van der Waals surface area contributed by atoms with Crippen LogP contribution in [0, 0.1) is 0 Å². The number of carbonyl (C=O) groups excluding carboxylic acids is 1. The Bertz CT molecular complexity index is 707. The van der Waals surface area contributed by atoms with E-state index >= 15 is 0 Å². The van der Waals surface area contributed by atoms with Crippen molar-refractivity contribution in [3.63, 3.8) is 0 Å². The average Bonchev–Trinajstić information content (AvgIpc) is 2.97. The lowest BCUT2D eigenvalue weighted by Gasteiger charge is -2.23. The Balaban J connectivity index is 1.91. The van der Waals surface area contributed by atoms with Crippen molar-refractivity contribution >= 4 is 21.9 Å². The van der Waals surface area contributed by atoms with Gasteiger partial charge in [0.05, 0.1) is 17.4 Å². The van der Waals surface area contributed by atoms with Crippen molar-refractivity contribution in [2.75, 3.05) is 20.2 Å². The number of hydrogen-bond donors (Lipinski definition) is 2. The van der Waals surface area contributed by atoms with Crippen molar-refractivity contribution in [2.45, 2.75) is 36.3 Å². The van der Waals surface area contributed by atoms with Crippen molar-refractivity contribution in [1.82, 2.24) is 9.62 Å². The molecular formula is C16H22N2O6S. The van der Waals surface area contributed by atoms with Gasteiger partial charge in [-0.05, 0) is 18.6 Å². The second-order valence-corrected chi connectivity index (χ2v) is 7.62. The van der Waals surface area contributed by atoms with Crippen LogP contribution in [0.25, 0.3) is 0 Å². The van der Waals surface area contributed by atoms with Crippen LogP contribution in [0.4, 0.5) is 0 Å². The van der Waals surface area contributed by atoms with Gasteiger partial charge in [-0.1, -0.05) is 18.2 Å². The van der Waals surface area contributed by atoms with Gasteiger partial charge in [-0.2, -0.15) is 0 Å². The van der Waals surface area contributed by atoms with Gasteiger partial charge in [0.1, 0.15) is 0 Å². The summed E-state index contributed by atoms with van der Waals surface area (Å²) in [6.07, 6.45) is 0.0684. The number of benzene rings is 1. The number of nitrogens with zero attached hydrogens (tertiary/aromatic N) is 1. The zero-order valence-corrected chi connectivity index (χ0v) is 14.7. The average molecular weight is 370 g/mol. The topological polar surface area (TPSA) is 113 Å². The highest BCUT2D eigenvalue weighted by atomic mass is 32.2. The van der Waals surface area contributed by atoms with Crippen LogP contribution in [0.2, 0.25) is 0 Å². The van der Waals surface area contributed by atoms with E-state index in [9.17, 15) is 18.0 Å². The van der Waals surface area contributed by atoms with Gasteiger partial charge in [0.25, 0.3) is 0 Å². The Morgan fingerprint density at radius 2 is 2.00 bits per heavy atom. The van der Waals surface area contributed by atoms with E-state index in [0.717, 1.165) is 0 Å². The number of ether oxygens (including phenoxy) is 1. The molecule has 1 amide bonds. The van der Waals surface area contributed by atoms with Crippen LogP contribution >= 0.6 is 0 Å². The fourth-order valence-corrected chi connectivity index (χ4v) is 3.92. The van der Waals surface area contributed by atoms with Gasteiger partial charge >= 0.3 is 5.97 Å². The summed E-state index contributed by atoms with van der Waals surface area (Å²) in [5.74, 6) is -1.27. The van der Waals surface area contributed by atoms with Gasteiger partial charge in [0.15, 0.2) is 0 Å². The lowest BCUT2D eigenvalue weighted by Crippen LogP contribution is -2.39. The van der Waals surface area contributed by atoms with Gasteiger partial charge < -0.3 is 14.7 Å². The first-order valence-electron chi connectivity index (χ1n) is 7.92. The van der Waals surface area contributed by atoms with E-state index in [4.69, 9.17) is 9.84 Å². The second kappa shape index (κ2) is 8.41. The predicted molar refractivity (Wildman–Crippen MR) is 89.4 cm³/mol. The largest absolute Gasteiger partial charge is 0.481 e. The fourth-order valence-electron chi connectivity index (χ4n) is 2.86. The molecule has 0 aliphatic carbocycles. The van der Waals surface area contributed by atoms with Crippen LogP contribution in [-0.2, 0) is 24.3 Å². The van der Waals surface area contributed by atoms with Crippen molar-refractivity contribution in [3.8, 4) is 0 Å². The van der Waals surface area contributed by atoms with E-state index < -0.39 is 22.0 Å². The number of carbonyl (C=O) groups is 2. The van der Waals surface area contributed by atoms with Crippen molar-refractivity contribution in [2.24, 2.45) is 0 Å².